The number of rotatable bonds is 7. The SMILES string of the molecule is Cc1cccc(/C=N/Nc2cc3nc(C(=O)CC4CCNC4)cn3c(N3CCOCC3)n2)c1. The van der Waals surface area contributed by atoms with Crippen molar-refractivity contribution in [2.75, 3.05) is 49.7 Å². The maximum absolute atomic E-state index is 12.9. The molecule has 1 aromatic carbocycles. The van der Waals surface area contributed by atoms with Gasteiger partial charge in [0.1, 0.15) is 11.3 Å². The van der Waals surface area contributed by atoms with Gasteiger partial charge in [0.25, 0.3) is 0 Å². The molecule has 33 heavy (non-hydrogen) atoms. The van der Waals surface area contributed by atoms with Crippen molar-refractivity contribution in [3.63, 3.8) is 0 Å². The molecule has 0 bridgehead atoms. The Morgan fingerprint density at radius 2 is 2.18 bits per heavy atom. The second-order valence-electron chi connectivity index (χ2n) is 8.67. The Bertz CT molecular complexity index is 1160. The van der Waals surface area contributed by atoms with Crippen molar-refractivity contribution in [1.29, 1.82) is 0 Å². The zero-order chi connectivity index (χ0) is 22.6. The molecule has 2 N–H and O–H groups in total. The van der Waals surface area contributed by atoms with E-state index in [1.807, 2.05) is 28.8 Å². The van der Waals surface area contributed by atoms with Crippen LogP contribution in [0.4, 0.5) is 11.8 Å². The van der Waals surface area contributed by atoms with Gasteiger partial charge in [0.15, 0.2) is 11.6 Å². The average molecular weight is 448 g/mol. The van der Waals surface area contributed by atoms with Gasteiger partial charge in [-0.1, -0.05) is 29.8 Å². The summed E-state index contributed by atoms with van der Waals surface area (Å²) in [6.07, 6.45) is 5.14. The standard InChI is InChI=1S/C24H29N7O2/c1-17-3-2-4-18(11-17)15-26-29-22-13-23-27-20(21(32)12-19-5-6-25-14-19)16-31(23)24(28-22)30-7-9-33-10-8-30/h2-4,11,13,15-16,19,25,29H,5-10,12,14H2,1H3/b26-15+. The van der Waals surface area contributed by atoms with E-state index in [9.17, 15) is 4.79 Å². The molecule has 5 rings (SSSR count). The lowest BCUT2D eigenvalue weighted by Gasteiger charge is -2.28. The molecule has 9 nitrogen and oxygen atoms in total. The number of hydrazone groups is 1. The van der Waals surface area contributed by atoms with Crippen molar-refractivity contribution in [3.8, 4) is 0 Å². The minimum Gasteiger partial charge on any atom is -0.378 e. The van der Waals surface area contributed by atoms with Gasteiger partial charge in [0.05, 0.1) is 19.4 Å². The quantitative estimate of drug-likeness (QED) is 0.326. The number of imidazole rings is 1. The average Bonchev–Trinajstić information content (AvgIpc) is 3.49. The van der Waals surface area contributed by atoms with Crippen LogP contribution in [-0.2, 0) is 4.74 Å². The lowest BCUT2D eigenvalue weighted by atomic mass is 10.0. The van der Waals surface area contributed by atoms with Crippen LogP contribution in [0.1, 0.15) is 34.5 Å². The molecule has 2 aromatic heterocycles. The summed E-state index contributed by atoms with van der Waals surface area (Å²) in [6, 6.07) is 9.94. The number of anilines is 2. The number of ether oxygens (including phenoxy) is 1. The Kier molecular flexibility index (Phi) is 6.32. The van der Waals surface area contributed by atoms with Crippen LogP contribution >= 0.6 is 0 Å². The van der Waals surface area contributed by atoms with Crippen molar-refractivity contribution < 1.29 is 9.53 Å². The molecule has 4 heterocycles. The number of nitrogens with zero attached hydrogens (tertiary/aromatic N) is 5. The molecule has 3 aromatic rings. The summed E-state index contributed by atoms with van der Waals surface area (Å²) in [7, 11) is 0. The van der Waals surface area contributed by atoms with Crippen LogP contribution in [0.25, 0.3) is 5.65 Å². The van der Waals surface area contributed by atoms with E-state index < -0.39 is 0 Å². The Hall–Kier alpha value is -3.30. The zero-order valence-electron chi connectivity index (χ0n) is 18.8. The first-order valence-corrected chi connectivity index (χ1v) is 11.5. The number of aromatic nitrogens is 3. The number of hydrogen-bond donors (Lipinski definition) is 2. The van der Waals surface area contributed by atoms with E-state index in [0.717, 1.165) is 44.1 Å². The minimum atomic E-state index is 0.0762. The van der Waals surface area contributed by atoms with Gasteiger partial charge in [-0.25, -0.2) is 4.98 Å². The fourth-order valence-electron chi connectivity index (χ4n) is 4.33. The van der Waals surface area contributed by atoms with Gasteiger partial charge < -0.3 is 15.0 Å². The third-order valence-electron chi connectivity index (χ3n) is 6.09. The Morgan fingerprint density at radius 3 is 2.97 bits per heavy atom. The lowest BCUT2D eigenvalue weighted by molar-refractivity contribution is 0.0960. The summed E-state index contributed by atoms with van der Waals surface area (Å²) in [5, 5.41) is 7.69. The number of nitrogens with one attached hydrogen (secondary N) is 2. The number of carbonyl (C=O) groups excluding carboxylic acids is 1. The van der Waals surface area contributed by atoms with Crippen molar-refractivity contribution in [1.82, 2.24) is 19.7 Å². The number of Topliss-reactive ketones (excluding diaryl/α,β-unsaturated/α-hetero) is 1. The van der Waals surface area contributed by atoms with Crippen LogP contribution < -0.4 is 15.6 Å². The third kappa shape index (κ3) is 5.04. The predicted molar refractivity (Wildman–Crippen MR) is 128 cm³/mol. The predicted octanol–water partition coefficient (Wildman–Crippen LogP) is 2.50. The first-order chi connectivity index (χ1) is 16.2. The van der Waals surface area contributed by atoms with E-state index in [-0.39, 0.29) is 5.78 Å². The van der Waals surface area contributed by atoms with Gasteiger partial charge in [0.2, 0.25) is 5.95 Å². The minimum absolute atomic E-state index is 0.0762. The van der Waals surface area contributed by atoms with E-state index in [0.29, 0.717) is 42.7 Å². The van der Waals surface area contributed by atoms with E-state index in [2.05, 4.69) is 44.8 Å². The summed E-state index contributed by atoms with van der Waals surface area (Å²) >= 11 is 0. The second kappa shape index (κ2) is 9.68. The monoisotopic (exact) mass is 447 g/mol. The van der Waals surface area contributed by atoms with Gasteiger partial charge in [-0.15, -0.1) is 0 Å². The highest BCUT2D eigenvalue weighted by molar-refractivity contribution is 5.95. The number of carbonyl (C=O) groups is 1. The van der Waals surface area contributed by atoms with Gasteiger partial charge in [-0.05, 0) is 37.9 Å². The van der Waals surface area contributed by atoms with E-state index in [4.69, 9.17) is 9.72 Å². The van der Waals surface area contributed by atoms with E-state index in [1.54, 1.807) is 6.21 Å². The molecule has 0 aliphatic carbocycles. The molecule has 2 fully saturated rings. The van der Waals surface area contributed by atoms with Gasteiger partial charge in [0, 0.05) is 31.8 Å². The van der Waals surface area contributed by atoms with Crippen LogP contribution in [0, 0.1) is 12.8 Å². The topological polar surface area (TPSA) is 96.1 Å². The second-order valence-corrected chi connectivity index (χ2v) is 8.67. The molecule has 0 radical (unpaired) electrons. The maximum Gasteiger partial charge on any atom is 0.213 e. The zero-order valence-corrected chi connectivity index (χ0v) is 18.8. The van der Waals surface area contributed by atoms with Crippen LogP contribution in [-0.4, -0.2) is 65.8 Å². The number of morpholine rings is 1. The largest absolute Gasteiger partial charge is 0.378 e. The molecule has 0 spiro atoms. The number of aryl methyl sites for hydroxylation is 1. The van der Waals surface area contributed by atoms with Crippen LogP contribution in [0.2, 0.25) is 0 Å². The van der Waals surface area contributed by atoms with E-state index >= 15 is 0 Å². The number of benzene rings is 1. The first-order valence-electron chi connectivity index (χ1n) is 11.5. The summed E-state index contributed by atoms with van der Waals surface area (Å²) in [4.78, 5) is 24.5. The highest BCUT2D eigenvalue weighted by Gasteiger charge is 2.23. The number of ketones is 1. The normalized spacial score (nSPS) is 18.9. The molecule has 2 saturated heterocycles. The first kappa shape index (κ1) is 21.5. The summed E-state index contributed by atoms with van der Waals surface area (Å²) in [5.74, 6) is 1.77. The van der Waals surface area contributed by atoms with Gasteiger partial charge in [-0.2, -0.15) is 10.1 Å². The summed E-state index contributed by atoms with van der Waals surface area (Å²) in [5.41, 5.74) is 6.38. The number of fused-ring (bicyclic) bond motifs is 1. The molecule has 0 amide bonds. The molecular formula is C24H29N7O2. The van der Waals surface area contributed by atoms with Crippen molar-refractivity contribution in [3.05, 3.63) is 53.3 Å². The molecular weight excluding hydrogens is 418 g/mol. The maximum atomic E-state index is 12.9. The number of hydrogen-bond acceptors (Lipinski definition) is 8. The van der Waals surface area contributed by atoms with Crippen molar-refractivity contribution in [2.24, 2.45) is 11.0 Å². The third-order valence-corrected chi connectivity index (χ3v) is 6.09. The van der Waals surface area contributed by atoms with Gasteiger partial charge >= 0.3 is 0 Å². The molecule has 0 saturated carbocycles. The fourth-order valence-corrected chi connectivity index (χ4v) is 4.33. The highest BCUT2D eigenvalue weighted by Crippen LogP contribution is 2.22. The Labute approximate surface area is 192 Å². The van der Waals surface area contributed by atoms with Crippen LogP contribution in [0.15, 0.2) is 41.6 Å². The molecule has 2 aliphatic heterocycles. The Morgan fingerprint density at radius 1 is 1.30 bits per heavy atom. The highest BCUT2D eigenvalue weighted by atomic mass is 16.5. The van der Waals surface area contributed by atoms with Crippen LogP contribution in [0.3, 0.4) is 0 Å². The van der Waals surface area contributed by atoms with E-state index in [1.165, 1.54) is 5.56 Å². The molecule has 1 atom stereocenters. The lowest BCUT2D eigenvalue weighted by Crippen LogP contribution is -2.38. The summed E-state index contributed by atoms with van der Waals surface area (Å²) in [6.45, 7) is 6.66. The van der Waals surface area contributed by atoms with Crippen molar-refractivity contribution >= 4 is 29.4 Å². The Balaban J connectivity index is 1.43. The molecule has 9 heteroatoms. The summed E-state index contributed by atoms with van der Waals surface area (Å²) < 4.78 is 7.41. The molecule has 2 aliphatic rings. The van der Waals surface area contributed by atoms with Gasteiger partial charge in [-0.3, -0.25) is 14.6 Å². The van der Waals surface area contributed by atoms with Crippen LogP contribution in [0.5, 0.6) is 0 Å². The smallest absolute Gasteiger partial charge is 0.213 e. The van der Waals surface area contributed by atoms with Crippen molar-refractivity contribution in [2.45, 2.75) is 19.8 Å². The molecule has 172 valence electrons. The fraction of sp³-hybridized carbons (Fsp3) is 0.417. The molecule has 1 unspecified atom stereocenters.